The summed E-state index contributed by atoms with van der Waals surface area (Å²) in [6.07, 6.45) is 1.50. The normalized spacial score (nSPS) is 16.1. The van der Waals surface area contributed by atoms with Gasteiger partial charge in [-0.15, -0.1) is 0 Å². The highest BCUT2D eigenvalue weighted by molar-refractivity contribution is 8.14. The third-order valence-corrected chi connectivity index (χ3v) is 8.61. The van der Waals surface area contributed by atoms with Gasteiger partial charge >= 0.3 is 0 Å². The maximum atomic E-state index is 12.9. The first-order chi connectivity index (χ1) is 16.4. The van der Waals surface area contributed by atoms with Crippen LogP contribution in [0.25, 0.3) is 10.8 Å². The molecule has 0 radical (unpaired) electrons. The summed E-state index contributed by atoms with van der Waals surface area (Å²) in [6.45, 7) is 4.88. The van der Waals surface area contributed by atoms with Crippen LogP contribution in [0.3, 0.4) is 0 Å². The summed E-state index contributed by atoms with van der Waals surface area (Å²) in [6, 6.07) is 20.6. The number of fused-ring (bicyclic) bond motifs is 1. The molecular formula is C26H29N3O3S2. The minimum absolute atomic E-state index is 0.0134. The van der Waals surface area contributed by atoms with Crippen molar-refractivity contribution < 1.29 is 13.2 Å². The fraction of sp³-hybridized carbons (Fsp3) is 0.308. The zero-order valence-corrected chi connectivity index (χ0v) is 21.0. The number of hydrogen-bond acceptors (Lipinski definition) is 5. The van der Waals surface area contributed by atoms with Gasteiger partial charge in [0.2, 0.25) is 10.0 Å². The SMILES string of the molecule is CCCN(CCC)S(=O)(=O)c1ccc(C(=O)NC2=NC(c3ccc4ccccc4c3)CS2)cc1. The van der Waals surface area contributed by atoms with Gasteiger partial charge in [-0.2, -0.15) is 4.31 Å². The van der Waals surface area contributed by atoms with E-state index in [9.17, 15) is 13.2 Å². The Morgan fingerprint density at radius 3 is 2.35 bits per heavy atom. The Labute approximate surface area is 205 Å². The van der Waals surface area contributed by atoms with Crippen LogP contribution in [0.15, 0.2) is 76.6 Å². The van der Waals surface area contributed by atoms with Crippen molar-refractivity contribution in [3.05, 3.63) is 77.9 Å². The number of hydrogen-bond donors (Lipinski definition) is 1. The van der Waals surface area contributed by atoms with Gasteiger partial charge in [-0.3, -0.25) is 9.79 Å². The Balaban J connectivity index is 1.44. The van der Waals surface area contributed by atoms with Crippen LogP contribution in [0.2, 0.25) is 0 Å². The van der Waals surface area contributed by atoms with Crippen molar-refractivity contribution >= 4 is 43.6 Å². The molecule has 1 aliphatic rings. The Morgan fingerprint density at radius 2 is 1.68 bits per heavy atom. The van der Waals surface area contributed by atoms with Crippen molar-refractivity contribution in [1.29, 1.82) is 0 Å². The van der Waals surface area contributed by atoms with Crippen LogP contribution in [-0.2, 0) is 10.0 Å². The van der Waals surface area contributed by atoms with E-state index in [-0.39, 0.29) is 16.8 Å². The second-order valence-corrected chi connectivity index (χ2v) is 11.2. The minimum atomic E-state index is -3.57. The van der Waals surface area contributed by atoms with Crippen LogP contribution in [0.1, 0.15) is 48.7 Å². The lowest BCUT2D eigenvalue weighted by atomic mass is 10.0. The molecule has 1 unspecified atom stereocenters. The van der Waals surface area contributed by atoms with Crippen LogP contribution < -0.4 is 5.32 Å². The summed E-state index contributed by atoms with van der Waals surface area (Å²) >= 11 is 1.51. The number of carbonyl (C=O) groups is 1. The minimum Gasteiger partial charge on any atom is -0.301 e. The molecule has 0 aromatic heterocycles. The second-order valence-electron chi connectivity index (χ2n) is 8.25. The molecule has 34 heavy (non-hydrogen) atoms. The molecule has 0 aliphatic carbocycles. The molecule has 0 saturated heterocycles. The summed E-state index contributed by atoms with van der Waals surface area (Å²) < 4.78 is 27.4. The fourth-order valence-corrected chi connectivity index (χ4v) is 6.55. The molecule has 0 spiro atoms. The number of sulfonamides is 1. The van der Waals surface area contributed by atoms with Gasteiger partial charge in [0.15, 0.2) is 5.17 Å². The molecular weight excluding hydrogens is 466 g/mol. The van der Waals surface area contributed by atoms with E-state index in [1.54, 1.807) is 12.1 Å². The molecule has 6 nitrogen and oxygen atoms in total. The number of benzene rings is 3. The molecule has 4 rings (SSSR count). The lowest BCUT2D eigenvalue weighted by molar-refractivity contribution is 0.0978. The molecule has 1 atom stereocenters. The summed E-state index contributed by atoms with van der Waals surface area (Å²) in [5.41, 5.74) is 1.52. The predicted octanol–water partition coefficient (Wildman–Crippen LogP) is 5.22. The third kappa shape index (κ3) is 5.35. The highest BCUT2D eigenvalue weighted by Crippen LogP contribution is 2.31. The summed E-state index contributed by atoms with van der Waals surface area (Å²) in [4.78, 5) is 17.7. The van der Waals surface area contributed by atoms with Crippen LogP contribution in [-0.4, -0.2) is 42.6 Å². The summed E-state index contributed by atoms with van der Waals surface area (Å²) in [5, 5.41) is 5.81. The number of carbonyl (C=O) groups excluding carboxylic acids is 1. The molecule has 1 amide bonds. The Bertz CT molecular complexity index is 1300. The molecule has 0 bridgehead atoms. The first kappa shape index (κ1) is 24.4. The molecule has 3 aromatic rings. The van der Waals surface area contributed by atoms with E-state index in [1.165, 1.54) is 39.0 Å². The summed E-state index contributed by atoms with van der Waals surface area (Å²) in [7, 11) is -3.57. The number of rotatable bonds is 8. The number of amidine groups is 1. The second kappa shape index (κ2) is 10.7. The molecule has 8 heteroatoms. The van der Waals surface area contributed by atoms with Gasteiger partial charge in [0.25, 0.3) is 5.91 Å². The lowest BCUT2D eigenvalue weighted by Crippen LogP contribution is -2.32. The molecule has 0 saturated carbocycles. The smallest absolute Gasteiger partial charge is 0.257 e. The average molecular weight is 496 g/mol. The van der Waals surface area contributed by atoms with E-state index < -0.39 is 10.0 Å². The van der Waals surface area contributed by atoms with Gasteiger partial charge in [-0.05, 0) is 59.5 Å². The number of amides is 1. The Morgan fingerprint density at radius 1 is 1.00 bits per heavy atom. The zero-order chi connectivity index (χ0) is 24.1. The Hall–Kier alpha value is -2.68. The van der Waals surface area contributed by atoms with E-state index in [2.05, 4.69) is 35.6 Å². The molecule has 178 valence electrons. The topological polar surface area (TPSA) is 78.8 Å². The highest BCUT2D eigenvalue weighted by atomic mass is 32.2. The summed E-state index contributed by atoms with van der Waals surface area (Å²) in [5.74, 6) is 0.462. The number of nitrogens with zero attached hydrogens (tertiary/aromatic N) is 2. The standard InChI is InChI=1S/C26H29N3O3S2/c1-3-15-29(16-4-2)34(31,32)23-13-11-20(12-14-23)25(30)28-26-27-24(18-33-26)22-10-9-19-7-5-6-8-21(19)17-22/h5-14,17,24H,3-4,15-16,18H2,1-2H3,(H,27,28,30). The number of thioether (sulfide) groups is 1. The van der Waals surface area contributed by atoms with Crippen LogP contribution >= 0.6 is 11.8 Å². The molecule has 1 aliphatic heterocycles. The number of aliphatic imine (C=N–C) groups is 1. The predicted molar refractivity (Wildman–Crippen MR) is 140 cm³/mol. The maximum absolute atomic E-state index is 12.9. The average Bonchev–Trinajstić information content (AvgIpc) is 3.32. The lowest BCUT2D eigenvalue weighted by Gasteiger charge is -2.21. The van der Waals surface area contributed by atoms with E-state index in [0.717, 1.165) is 24.2 Å². The monoisotopic (exact) mass is 495 g/mol. The van der Waals surface area contributed by atoms with Gasteiger partial charge in [0, 0.05) is 24.4 Å². The van der Waals surface area contributed by atoms with Crippen molar-refractivity contribution in [1.82, 2.24) is 9.62 Å². The van der Waals surface area contributed by atoms with Gasteiger partial charge in [0.1, 0.15) is 0 Å². The van der Waals surface area contributed by atoms with Crippen LogP contribution in [0.5, 0.6) is 0 Å². The third-order valence-electron chi connectivity index (χ3n) is 5.73. The van der Waals surface area contributed by atoms with Crippen molar-refractivity contribution in [2.75, 3.05) is 18.8 Å². The van der Waals surface area contributed by atoms with Crippen molar-refractivity contribution in [2.24, 2.45) is 4.99 Å². The van der Waals surface area contributed by atoms with Gasteiger partial charge in [-0.1, -0.05) is 62.0 Å². The largest absolute Gasteiger partial charge is 0.301 e. The molecule has 0 fully saturated rings. The maximum Gasteiger partial charge on any atom is 0.257 e. The van der Waals surface area contributed by atoms with E-state index >= 15 is 0 Å². The quantitative estimate of drug-likeness (QED) is 0.464. The van der Waals surface area contributed by atoms with Gasteiger partial charge in [-0.25, -0.2) is 8.42 Å². The van der Waals surface area contributed by atoms with Crippen molar-refractivity contribution in [3.63, 3.8) is 0 Å². The number of nitrogens with one attached hydrogen (secondary N) is 1. The highest BCUT2D eigenvalue weighted by Gasteiger charge is 2.24. The van der Waals surface area contributed by atoms with Gasteiger partial charge < -0.3 is 5.32 Å². The van der Waals surface area contributed by atoms with E-state index in [4.69, 9.17) is 4.99 Å². The first-order valence-corrected chi connectivity index (χ1v) is 14.0. The van der Waals surface area contributed by atoms with Crippen LogP contribution in [0.4, 0.5) is 0 Å². The molecule has 1 N–H and O–H groups in total. The zero-order valence-electron chi connectivity index (χ0n) is 19.4. The first-order valence-electron chi connectivity index (χ1n) is 11.5. The van der Waals surface area contributed by atoms with Crippen molar-refractivity contribution in [3.8, 4) is 0 Å². The van der Waals surface area contributed by atoms with Crippen LogP contribution in [0, 0.1) is 0 Å². The van der Waals surface area contributed by atoms with Gasteiger partial charge in [0.05, 0.1) is 10.9 Å². The Kier molecular flexibility index (Phi) is 7.70. The van der Waals surface area contributed by atoms with E-state index in [1.807, 2.05) is 26.0 Å². The van der Waals surface area contributed by atoms with Crippen molar-refractivity contribution in [2.45, 2.75) is 37.6 Å². The fourth-order valence-electron chi connectivity index (χ4n) is 3.98. The molecule has 3 aromatic carbocycles. The molecule has 1 heterocycles. The van der Waals surface area contributed by atoms with E-state index in [0.29, 0.717) is 23.8 Å².